The van der Waals surface area contributed by atoms with Gasteiger partial charge in [0.15, 0.2) is 5.82 Å². The molecule has 216 valence electrons. The molecule has 1 aliphatic rings. The smallest absolute Gasteiger partial charge is 0.383 e. The van der Waals surface area contributed by atoms with Crippen LogP contribution in [0, 0.1) is 11.7 Å². The summed E-state index contributed by atoms with van der Waals surface area (Å²) in [5.41, 5.74) is 0.198. The molecule has 1 saturated carbocycles. The molecule has 4 aromatic rings. The number of hydrogen-bond donors (Lipinski definition) is 3. The lowest BCUT2D eigenvalue weighted by atomic mass is 9.77. The van der Waals surface area contributed by atoms with Crippen molar-refractivity contribution in [2.45, 2.75) is 44.2 Å². The van der Waals surface area contributed by atoms with Gasteiger partial charge in [0.05, 0.1) is 22.8 Å². The van der Waals surface area contributed by atoms with Gasteiger partial charge in [0, 0.05) is 25.0 Å². The van der Waals surface area contributed by atoms with E-state index in [4.69, 9.17) is 5.73 Å². The van der Waals surface area contributed by atoms with Gasteiger partial charge in [-0.15, -0.1) is 0 Å². The van der Waals surface area contributed by atoms with E-state index in [-0.39, 0.29) is 40.7 Å². The fourth-order valence-electron chi connectivity index (χ4n) is 4.79. The van der Waals surface area contributed by atoms with Crippen LogP contribution in [0.3, 0.4) is 0 Å². The fraction of sp³-hybridized carbons (Fsp3) is 0.320. The average molecular weight is 583 g/mol. The maximum Gasteiger partial charge on any atom is 0.423 e. The van der Waals surface area contributed by atoms with E-state index in [0.29, 0.717) is 25.5 Å². The molecule has 41 heavy (non-hydrogen) atoms. The molecule has 0 amide bonds. The molecule has 5 rings (SSSR count). The molecule has 0 unspecified atom stereocenters. The van der Waals surface area contributed by atoms with Crippen molar-refractivity contribution in [1.82, 2.24) is 24.7 Å². The van der Waals surface area contributed by atoms with Crippen LogP contribution in [0.15, 0.2) is 46.4 Å². The van der Waals surface area contributed by atoms with Gasteiger partial charge in [-0.2, -0.15) is 31.4 Å². The number of nitrogens with one attached hydrogen (secondary N) is 2. The van der Waals surface area contributed by atoms with E-state index in [2.05, 4.69) is 20.4 Å². The third-order valence-electron chi connectivity index (χ3n) is 7.07. The highest BCUT2D eigenvalue weighted by Crippen LogP contribution is 2.37. The summed E-state index contributed by atoms with van der Waals surface area (Å²) in [4.78, 5) is 31.9. The highest BCUT2D eigenvalue weighted by molar-refractivity contribution is 5.86. The van der Waals surface area contributed by atoms with Gasteiger partial charge in [0.25, 0.3) is 11.1 Å². The number of nitrogen functional groups attached to an aromatic ring is 1. The van der Waals surface area contributed by atoms with Crippen molar-refractivity contribution in [3.05, 3.63) is 74.4 Å². The molecule has 3 heterocycles. The number of hydrogen-bond acceptors (Lipinski definition) is 7. The molecule has 0 radical (unpaired) electrons. The van der Waals surface area contributed by atoms with Crippen molar-refractivity contribution in [2.75, 3.05) is 11.1 Å². The maximum absolute atomic E-state index is 15.0. The van der Waals surface area contributed by atoms with E-state index in [9.17, 15) is 40.3 Å². The average Bonchev–Trinajstić information content (AvgIpc) is 2.86. The zero-order valence-corrected chi connectivity index (χ0v) is 20.8. The van der Waals surface area contributed by atoms with Crippen molar-refractivity contribution < 1.29 is 30.7 Å². The van der Waals surface area contributed by atoms with Crippen LogP contribution in [0.4, 0.5) is 42.2 Å². The van der Waals surface area contributed by atoms with Crippen LogP contribution >= 0.6 is 0 Å². The lowest BCUT2D eigenvalue weighted by Gasteiger charge is -2.38. The minimum absolute atomic E-state index is 0.00122. The predicted molar refractivity (Wildman–Crippen MR) is 133 cm³/mol. The normalized spacial score (nSPS) is 17.4. The number of anilines is 2. The van der Waals surface area contributed by atoms with Crippen LogP contribution in [0.5, 0.6) is 0 Å². The van der Waals surface area contributed by atoms with E-state index in [1.807, 2.05) is 0 Å². The summed E-state index contributed by atoms with van der Waals surface area (Å²) in [5, 5.41) is 8.26. The molecule has 3 aromatic heterocycles. The Hall–Kier alpha value is -4.50. The maximum atomic E-state index is 15.0. The number of nitrogens with two attached hydrogens (primary N) is 1. The molecule has 0 bridgehead atoms. The first-order valence-electron chi connectivity index (χ1n) is 12.2. The number of nitrogens with zero attached hydrogens (tertiary/aromatic N) is 4. The fourth-order valence-corrected chi connectivity index (χ4v) is 4.79. The topological polar surface area (TPSA) is 132 Å². The van der Waals surface area contributed by atoms with Gasteiger partial charge < -0.3 is 15.6 Å². The van der Waals surface area contributed by atoms with Gasteiger partial charge in [-0.25, -0.2) is 19.5 Å². The second-order valence-corrected chi connectivity index (χ2v) is 9.59. The highest BCUT2D eigenvalue weighted by atomic mass is 19.4. The number of pyridine rings is 1. The summed E-state index contributed by atoms with van der Waals surface area (Å²) < 4.78 is 95.2. The van der Waals surface area contributed by atoms with Gasteiger partial charge in [0.1, 0.15) is 22.8 Å². The molecular formula is C25H20F7N7O2. The molecule has 9 nitrogen and oxygen atoms in total. The Morgan fingerprint density at radius 2 is 1.83 bits per heavy atom. The van der Waals surface area contributed by atoms with Crippen molar-refractivity contribution in [3.8, 4) is 11.4 Å². The van der Waals surface area contributed by atoms with Crippen LogP contribution < -0.4 is 22.2 Å². The molecule has 4 N–H and O–H groups in total. The number of aromatic nitrogens is 5. The monoisotopic (exact) mass is 583 g/mol. The quantitative estimate of drug-likeness (QED) is 0.283. The van der Waals surface area contributed by atoms with Crippen molar-refractivity contribution in [1.29, 1.82) is 0 Å². The van der Waals surface area contributed by atoms with Gasteiger partial charge in [-0.05, 0) is 48.8 Å². The largest absolute Gasteiger partial charge is 0.423 e. The van der Waals surface area contributed by atoms with Gasteiger partial charge in [-0.3, -0.25) is 9.59 Å². The van der Waals surface area contributed by atoms with Crippen LogP contribution in [0.25, 0.3) is 22.2 Å². The number of aryl methyl sites for hydroxylation is 1. The minimum atomic E-state index is -4.88. The van der Waals surface area contributed by atoms with Crippen molar-refractivity contribution >= 4 is 22.3 Å². The van der Waals surface area contributed by atoms with Crippen LogP contribution in [0.2, 0.25) is 0 Å². The Morgan fingerprint density at radius 1 is 1.07 bits per heavy atom. The summed E-state index contributed by atoms with van der Waals surface area (Å²) in [6, 6.07) is 3.30. The molecule has 16 heteroatoms. The number of rotatable bonds is 6. The summed E-state index contributed by atoms with van der Waals surface area (Å²) >= 11 is 0. The number of halogens is 7. The third kappa shape index (κ3) is 5.45. The van der Waals surface area contributed by atoms with E-state index < -0.39 is 51.9 Å². The van der Waals surface area contributed by atoms with Gasteiger partial charge in [0.2, 0.25) is 0 Å². The van der Waals surface area contributed by atoms with E-state index >= 15 is 0 Å². The first-order valence-corrected chi connectivity index (χ1v) is 12.2. The zero-order valence-electron chi connectivity index (χ0n) is 20.8. The van der Waals surface area contributed by atoms with Gasteiger partial charge >= 0.3 is 12.4 Å². The lowest BCUT2D eigenvalue weighted by molar-refractivity contribution is -0.138. The molecular weight excluding hydrogens is 563 g/mol. The van der Waals surface area contributed by atoms with E-state index in [1.54, 1.807) is 5.10 Å². The summed E-state index contributed by atoms with van der Waals surface area (Å²) in [5.74, 6) is -2.31. The van der Waals surface area contributed by atoms with Gasteiger partial charge in [-0.1, -0.05) is 0 Å². The highest BCUT2D eigenvalue weighted by Gasteiger charge is 2.39. The molecule has 0 spiro atoms. The Labute approximate surface area is 225 Å². The van der Waals surface area contributed by atoms with E-state index in [1.165, 1.54) is 22.9 Å². The number of fused-ring (bicyclic) bond motifs is 1. The number of benzene rings is 1. The van der Waals surface area contributed by atoms with Crippen LogP contribution in [0.1, 0.15) is 30.4 Å². The first-order chi connectivity index (χ1) is 19.2. The Kier molecular flexibility index (Phi) is 6.95. The Balaban J connectivity index is 1.33. The molecule has 1 aromatic carbocycles. The third-order valence-corrected chi connectivity index (χ3v) is 7.07. The molecule has 0 aliphatic heterocycles. The SMILES string of the molecule is Nc1nc(-c2cc3ccn(CC[C@H]4CC[C@@H]4Nc4cn[nH]c(=O)c4C(F)(F)F)c(=O)c3cc2F)ncc1C(F)(F)F. The molecule has 2 atom stereocenters. The number of H-pyrrole nitrogens is 1. The molecule has 1 aliphatic carbocycles. The number of alkyl halides is 6. The minimum Gasteiger partial charge on any atom is -0.383 e. The van der Waals surface area contributed by atoms with Crippen molar-refractivity contribution in [3.63, 3.8) is 0 Å². The second kappa shape index (κ2) is 10.2. The van der Waals surface area contributed by atoms with Crippen LogP contribution in [-0.4, -0.2) is 30.8 Å². The second-order valence-electron chi connectivity index (χ2n) is 9.59. The van der Waals surface area contributed by atoms with Crippen LogP contribution in [-0.2, 0) is 18.9 Å². The predicted octanol–water partition coefficient (Wildman–Crippen LogP) is 4.58. The summed E-state index contributed by atoms with van der Waals surface area (Å²) in [6.07, 6.45) is -5.22. The Bertz CT molecular complexity index is 1750. The summed E-state index contributed by atoms with van der Waals surface area (Å²) in [7, 11) is 0. The molecule has 1 fully saturated rings. The Morgan fingerprint density at radius 3 is 2.46 bits per heavy atom. The number of aromatic amines is 1. The zero-order chi connectivity index (χ0) is 29.7. The van der Waals surface area contributed by atoms with Crippen molar-refractivity contribution in [2.24, 2.45) is 5.92 Å². The standard InChI is InChI=1S/C25H20F7N7O2/c26-16-8-13-12(7-14(16)21-34-9-15(20(33)37-21)24(27,28)29)4-6-39(23(13)41)5-3-11-1-2-17(11)36-18-10-35-38-22(40)19(18)25(30,31)32/h4,6-11,17H,1-3,5H2,(H2,33,34,37)(H2,36,38,40)/t11-,17+/m1/s1. The van der Waals surface area contributed by atoms with E-state index in [0.717, 1.165) is 12.3 Å². The lowest BCUT2D eigenvalue weighted by Crippen LogP contribution is -2.40. The summed E-state index contributed by atoms with van der Waals surface area (Å²) in [6.45, 7) is 0.180. The first kappa shape index (κ1) is 28.0. The molecule has 0 saturated heterocycles.